The first kappa shape index (κ1) is 11.6. The van der Waals surface area contributed by atoms with Crippen molar-refractivity contribution in [3.63, 3.8) is 0 Å². The maximum absolute atomic E-state index is 11.4. The quantitative estimate of drug-likeness (QED) is 0.441. The van der Waals surface area contributed by atoms with Gasteiger partial charge in [-0.25, -0.2) is 0 Å². The number of nitrogens with zero attached hydrogens (tertiary/aromatic N) is 1. The number of aromatic amines is 2. The standard InChI is InChI=1S/C12H11N3O4/c16-11-12(17)14-10-8-5-7(15(18)19)3-1-6(8)2-4-9(10)13-11/h5H,1-4H2,(H,13,16)(H,14,17). The summed E-state index contributed by atoms with van der Waals surface area (Å²) in [6, 6.07) is 0. The second-order valence-corrected chi connectivity index (χ2v) is 4.67. The molecule has 98 valence electrons. The van der Waals surface area contributed by atoms with Crippen LogP contribution in [0.15, 0.2) is 26.9 Å². The summed E-state index contributed by atoms with van der Waals surface area (Å²) >= 11 is 0. The van der Waals surface area contributed by atoms with Gasteiger partial charge in [0.1, 0.15) is 0 Å². The van der Waals surface area contributed by atoms with E-state index in [9.17, 15) is 19.7 Å². The zero-order chi connectivity index (χ0) is 13.6. The summed E-state index contributed by atoms with van der Waals surface area (Å²) in [6.07, 6.45) is 3.94. The highest BCUT2D eigenvalue weighted by Gasteiger charge is 2.26. The average Bonchev–Trinajstić information content (AvgIpc) is 2.39. The van der Waals surface area contributed by atoms with E-state index in [-0.39, 0.29) is 5.70 Å². The van der Waals surface area contributed by atoms with Gasteiger partial charge in [0.25, 0.3) is 0 Å². The van der Waals surface area contributed by atoms with Crippen molar-refractivity contribution in [3.05, 3.63) is 59.6 Å². The summed E-state index contributed by atoms with van der Waals surface area (Å²) in [7, 11) is 0. The summed E-state index contributed by atoms with van der Waals surface area (Å²) in [6.45, 7) is 0. The van der Waals surface area contributed by atoms with Crippen molar-refractivity contribution in [1.82, 2.24) is 9.97 Å². The predicted molar refractivity (Wildman–Crippen MR) is 67.2 cm³/mol. The Morgan fingerprint density at radius 3 is 2.47 bits per heavy atom. The number of hydrogen-bond acceptors (Lipinski definition) is 4. The van der Waals surface area contributed by atoms with Crippen LogP contribution in [0.25, 0.3) is 5.57 Å². The number of nitrogens with one attached hydrogen (secondary N) is 2. The molecule has 1 heterocycles. The largest absolute Gasteiger partial charge is 0.319 e. The fourth-order valence-corrected chi connectivity index (χ4v) is 2.60. The molecule has 1 aromatic heterocycles. The molecule has 0 spiro atoms. The first-order valence-electron chi connectivity index (χ1n) is 5.99. The van der Waals surface area contributed by atoms with Crippen molar-refractivity contribution in [1.29, 1.82) is 0 Å². The molecule has 0 aromatic carbocycles. The number of nitro groups is 1. The average molecular weight is 261 g/mol. The molecule has 1 aromatic rings. The van der Waals surface area contributed by atoms with Crippen molar-refractivity contribution in [3.8, 4) is 0 Å². The predicted octanol–water partition coefficient (Wildman–Crippen LogP) is 0.717. The van der Waals surface area contributed by atoms with Crippen LogP contribution in [0.1, 0.15) is 30.7 Å². The van der Waals surface area contributed by atoms with Crippen LogP contribution in [0, 0.1) is 10.1 Å². The van der Waals surface area contributed by atoms with Gasteiger partial charge in [0.15, 0.2) is 0 Å². The van der Waals surface area contributed by atoms with Crippen molar-refractivity contribution >= 4 is 5.57 Å². The zero-order valence-electron chi connectivity index (χ0n) is 9.99. The maximum Gasteiger partial charge on any atom is 0.314 e. The normalized spacial score (nSPS) is 17.6. The van der Waals surface area contributed by atoms with Crippen molar-refractivity contribution in [2.45, 2.75) is 25.7 Å². The number of rotatable bonds is 1. The number of allylic oxidation sites excluding steroid dienone is 4. The van der Waals surface area contributed by atoms with Gasteiger partial charge >= 0.3 is 11.1 Å². The lowest BCUT2D eigenvalue weighted by Gasteiger charge is -2.23. The Balaban J connectivity index is 2.21. The summed E-state index contributed by atoms with van der Waals surface area (Å²) in [5.74, 6) is 0. The second-order valence-electron chi connectivity index (χ2n) is 4.67. The van der Waals surface area contributed by atoms with Gasteiger partial charge in [-0.1, -0.05) is 5.57 Å². The van der Waals surface area contributed by atoms with E-state index in [1.807, 2.05) is 0 Å². The van der Waals surface area contributed by atoms with Gasteiger partial charge in [-0.3, -0.25) is 19.7 Å². The van der Waals surface area contributed by atoms with Crippen molar-refractivity contribution in [2.24, 2.45) is 0 Å². The fraction of sp³-hybridized carbons (Fsp3) is 0.333. The Labute approximate surface area is 106 Å². The Hall–Kier alpha value is -2.44. The first-order valence-corrected chi connectivity index (χ1v) is 5.99. The zero-order valence-corrected chi connectivity index (χ0v) is 9.99. The van der Waals surface area contributed by atoms with E-state index in [4.69, 9.17) is 0 Å². The van der Waals surface area contributed by atoms with Crippen LogP contribution in [0.2, 0.25) is 0 Å². The van der Waals surface area contributed by atoms with E-state index < -0.39 is 16.0 Å². The van der Waals surface area contributed by atoms with E-state index >= 15 is 0 Å². The molecule has 0 unspecified atom stereocenters. The van der Waals surface area contributed by atoms with Crippen LogP contribution < -0.4 is 11.1 Å². The summed E-state index contributed by atoms with van der Waals surface area (Å²) < 4.78 is 0. The molecule has 0 atom stereocenters. The molecule has 7 heteroatoms. The number of aryl methyl sites for hydroxylation is 1. The second kappa shape index (κ2) is 4.04. The van der Waals surface area contributed by atoms with Crippen LogP contribution in [0.5, 0.6) is 0 Å². The monoisotopic (exact) mass is 261 g/mol. The van der Waals surface area contributed by atoms with Crippen molar-refractivity contribution < 1.29 is 4.92 Å². The molecular formula is C12H11N3O4. The molecule has 0 saturated carbocycles. The molecular weight excluding hydrogens is 250 g/mol. The lowest BCUT2D eigenvalue weighted by Crippen LogP contribution is -2.33. The third kappa shape index (κ3) is 1.83. The molecule has 0 aliphatic heterocycles. The third-order valence-corrected chi connectivity index (χ3v) is 3.57. The number of H-pyrrole nitrogens is 2. The summed E-state index contributed by atoms with van der Waals surface area (Å²) in [5, 5.41) is 10.8. The van der Waals surface area contributed by atoms with E-state index in [0.717, 1.165) is 12.0 Å². The fourth-order valence-electron chi connectivity index (χ4n) is 2.60. The molecule has 0 bridgehead atoms. The molecule has 3 rings (SSSR count). The highest BCUT2D eigenvalue weighted by atomic mass is 16.6. The Morgan fingerprint density at radius 1 is 1.05 bits per heavy atom. The van der Waals surface area contributed by atoms with E-state index in [0.29, 0.717) is 36.2 Å². The molecule has 2 aliphatic carbocycles. The number of fused-ring (bicyclic) bond motifs is 2. The van der Waals surface area contributed by atoms with Gasteiger partial charge in [-0.15, -0.1) is 0 Å². The molecule has 0 fully saturated rings. The van der Waals surface area contributed by atoms with Gasteiger partial charge in [0, 0.05) is 23.8 Å². The lowest BCUT2D eigenvalue weighted by atomic mass is 9.85. The van der Waals surface area contributed by atoms with E-state index in [1.54, 1.807) is 0 Å². The molecule has 19 heavy (non-hydrogen) atoms. The third-order valence-electron chi connectivity index (χ3n) is 3.57. The minimum Gasteiger partial charge on any atom is -0.319 e. The molecule has 0 saturated heterocycles. The van der Waals surface area contributed by atoms with Gasteiger partial charge in [0.05, 0.1) is 10.6 Å². The molecule has 7 nitrogen and oxygen atoms in total. The van der Waals surface area contributed by atoms with Gasteiger partial charge in [-0.2, -0.15) is 0 Å². The smallest absolute Gasteiger partial charge is 0.314 e. The topological polar surface area (TPSA) is 109 Å². The Bertz CT molecular complexity index is 751. The minimum absolute atomic E-state index is 0.138. The highest BCUT2D eigenvalue weighted by Crippen LogP contribution is 2.36. The molecule has 2 aliphatic rings. The minimum atomic E-state index is -0.728. The van der Waals surface area contributed by atoms with Crippen LogP contribution in [0.4, 0.5) is 0 Å². The van der Waals surface area contributed by atoms with Crippen LogP contribution >= 0.6 is 0 Å². The SMILES string of the molecule is O=c1[nH]c2c([nH]c1=O)C1=C(CCC([N+](=O)[O-])=C1)CC2. The van der Waals surface area contributed by atoms with Crippen LogP contribution in [-0.4, -0.2) is 14.9 Å². The summed E-state index contributed by atoms with van der Waals surface area (Å²) in [5.41, 5.74) is 1.67. The lowest BCUT2D eigenvalue weighted by molar-refractivity contribution is -0.428. The molecule has 0 radical (unpaired) electrons. The van der Waals surface area contributed by atoms with Crippen LogP contribution in [-0.2, 0) is 6.42 Å². The summed E-state index contributed by atoms with van der Waals surface area (Å²) in [4.78, 5) is 38.2. The van der Waals surface area contributed by atoms with Crippen molar-refractivity contribution in [2.75, 3.05) is 0 Å². The number of aromatic nitrogens is 2. The van der Waals surface area contributed by atoms with Crippen LogP contribution in [0.3, 0.4) is 0 Å². The van der Waals surface area contributed by atoms with Gasteiger partial charge in [-0.05, 0) is 19.3 Å². The Morgan fingerprint density at radius 2 is 1.74 bits per heavy atom. The first-order chi connectivity index (χ1) is 9.06. The van der Waals surface area contributed by atoms with Gasteiger partial charge in [0.2, 0.25) is 5.70 Å². The number of hydrogen-bond donors (Lipinski definition) is 2. The molecule has 0 amide bonds. The highest BCUT2D eigenvalue weighted by molar-refractivity contribution is 5.78. The van der Waals surface area contributed by atoms with E-state index in [2.05, 4.69) is 9.97 Å². The van der Waals surface area contributed by atoms with Gasteiger partial charge < -0.3 is 9.97 Å². The van der Waals surface area contributed by atoms with E-state index in [1.165, 1.54) is 6.08 Å². The molecule has 2 N–H and O–H groups in total. The maximum atomic E-state index is 11.4. The Kier molecular flexibility index (Phi) is 2.48.